The lowest BCUT2D eigenvalue weighted by Crippen LogP contribution is -2.38. The summed E-state index contributed by atoms with van der Waals surface area (Å²) in [6.45, 7) is 2.41. The second kappa shape index (κ2) is 8.24. The Labute approximate surface area is 163 Å². The quantitative estimate of drug-likeness (QED) is 0.645. The summed E-state index contributed by atoms with van der Waals surface area (Å²) in [7, 11) is 3.26. The summed E-state index contributed by atoms with van der Waals surface area (Å²) in [5, 5.41) is 0.954. The third-order valence-electron chi connectivity index (χ3n) is 4.94. The molecule has 3 aromatic rings. The number of ether oxygens (including phenoxy) is 3. The van der Waals surface area contributed by atoms with Crippen LogP contribution in [0.2, 0.25) is 0 Å². The van der Waals surface area contributed by atoms with Gasteiger partial charge in [-0.05, 0) is 18.9 Å². The van der Waals surface area contributed by atoms with Crippen LogP contribution in [-0.4, -0.2) is 53.9 Å². The molecule has 8 heteroatoms. The molecule has 1 aliphatic rings. The molecule has 4 rings (SSSR count). The Bertz CT molecular complexity index is 938. The van der Waals surface area contributed by atoms with Gasteiger partial charge in [-0.15, -0.1) is 0 Å². The fourth-order valence-corrected chi connectivity index (χ4v) is 3.58. The van der Waals surface area contributed by atoms with Crippen LogP contribution in [-0.2, 0) is 0 Å². The molecule has 1 unspecified atom stereocenters. The standard InChI is InChI=1S/C20H23N5O3/c1-26-17-8-15-16(9-18(17)27-2)23-13-24-20(15)25-7-3-4-14(11-25)12-28-19-10-21-5-6-22-19/h5-6,8-10,13-14H,3-4,7,11-12H2,1-2H3. The summed E-state index contributed by atoms with van der Waals surface area (Å²) in [6, 6.07) is 3.83. The van der Waals surface area contributed by atoms with Crippen LogP contribution in [0.25, 0.3) is 10.9 Å². The molecular weight excluding hydrogens is 358 g/mol. The lowest BCUT2D eigenvalue weighted by Gasteiger charge is -2.33. The van der Waals surface area contributed by atoms with Gasteiger partial charge in [0.2, 0.25) is 5.88 Å². The minimum atomic E-state index is 0.390. The number of aromatic nitrogens is 4. The molecule has 3 heterocycles. The molecule has 1 atom stereocenters. The second-order valence-electron chi connectivity index (χ2n) is 6.73. The third kappa shape index (κ3) is 3.76. The van der Waals surface area contributed by atoms with E-state index in [0.29, 0.717) is 29.9 Å². The maximum atomic E-state index is 5.81. The van der Waals surface area contributed by atoms with E-state index in [9.17, 15) is 0 Å². The molecule has 0 bridgehead atoms. The number of hydrogen-bond donors (Lipinski definition) is 0. The van der Waals surface area contributed by atoms with Crippen LogP contribution in [0, 0.1) is 5.92 Å². The van der Waals surface area contributed by atoms with E-state index in [4.69, 9.17) is 14.2 Å². The van der Waals surface area contributed by atoms with Crippen LogP contribution in [0.15, 0.2) is 37.1 Å². The fourth-order valence-electron chi connectivity index (χ4n) is 3.58. The number of methoxy groups -OCH3 is 2. The molecule has 1 saturated heterocycles. The first-order chi connectivity index (χ1) is 13.8. The average Bonchev–Trinajstić information content (AvgIpc) is 2.77. The number of hydrogen-bond acceptors (Lipinski definition) is 8. The van der Waals surface area contributed by atoms with E-state index in [-0.39, 0.29) is 0 Å². The van der Waals surface area contributed by atoms with Crippen molar-refractivity contribution in [2.45, 2.75) is 12.8 Å². The van der Waals surface area contributed by atoms with Crippen LogP contribution in [0.4, 0.5) is 5.82 Å². The van der Waals surface area contributed by atoms with Crippen molar-refractivity contribution in [3.63, 3.8) is 0 Å². The largest absolute Gasteiger partial charge is 0.493 e. The number of benzene rings is 1. The number of rotatable bonds is 6. The molecule has 2 aromatic heterocycles. The second-order valence-corrected chi connectivity index (χ2v) is 6.73. The minimum Gasteiger partial charge on any atom is -0.493 e. The van der Waals surface area contributed by atoms with Crippen molar-refractivity contribution in [1.29, 1.82) is 0 Å². The number of nitrogens with zero attached hydrogens (tertiary/aromatic N) is 5. The van der Waals surface area contributed by atoms with Gasteiger partial charge in [0.1, 0.15) is 12.1 Å². The molecule has 1 fully saturated rings. The maximum absolute atomic E-state index is 5.81. The van der Waals surface area contributed by atoms with Crippen LogP contribution in [0.5, 0.6) is 17.4 Å². The lowest BCUT2D eigenvalue weighted by molar-refractivity contribution is 0.221. The summed E-state index contributed by atoms with van der Waals surface area (Å²) < 4.78 is 16.7. The van der Waals surface area contributed by atoms with E-state index in [0.717, 1.165) is 42.7 Å². The Morgan fingerprint density at radius 2 is 1.93 bits per heavy atom. The smallest absolute Gasteiger partial charge is 0.232 e. The molecule has 28 heavy (non-hydrogen) atoms. The first-order valence-corrected chi connectivity index (χ1v) is 9.29. The first-order valence-electron chi connectivity index (χ1n) is 9.29. The Morgan fingerprint density at radius 1 is 1.07 bits per heavy atom. The zero-order chi connectivity index (χ0) is 19.3. The predicted octanol–water partition coefficient (Wildman–Crippen LogP) is 2.73. The van der Waals surface area contributed by atoms with Crippen molar-refractivity contribution < 1.29 is 14.2 Å². The zero-order valence-electron chi connectivity index (χ0n) is 16.0. The molecule has 0 N–H and O–H groups in total. The first kappa shape index (κ1) is 18.2. The highest BCUT2D eigenvalue weighted by Crippen LogP contribution is 2.35. The van der Waals surface area contributed by atoms with Crippen LogP contribution < -0.4 is 19.1 Å². The Hall–Kier alpha value is -3.16. The fraction of sp³-hybridized carbons (Fsp3) is 0.400. The molecular formula is C20H23N5O3. The van der Waals surface area contributed by atoms with Crippen molar-refractivity contribution in [1.82, 2.24) is 19.9 Å². The molecule has 146 valence electrons. The van der Waals surface area contributed by atoms with E-state index in [1.807, 2.05) is 12.1 Å². The molecule has 0 aliphatic carbocycles. The van der Waals surface area contributed by atoms with Gasteiger partial charge in [0, 0.05) is 42.9 Å². The lowest BCUT2D eigenvalue weighted by atomic mass is 9.98. The summed E-state index contributed by atoms with van der Waals surface area (Å²) >= 11 is 0. The maximum Gasteiger partial charge on any atom is 0.232 e. The predicted molar refractivity (Wildman–Crippen MR) is 105 cm³/mol. The van der Waals surface area contributed by atoms with E-state index in [1.54, 1.807) is 39.1 Å². The number of fused-ring (bicyclic) bond motifs is 1. The van der Waals surface area contributed by atoms with Gasteiger partial charge in [0.25, 0.3) is 0 Å². The van der Waals surface area contributed by atoms with Gasteiger partial charge in [-0.1, -0.05) is 0 Å². The van der Waals surface area contributed by atoms with Gasteiger partial charge in [0.05, 0.1) is 32.5 Å². The van der Waals surface area contributed by atoms with Crippen molar-refractivity contribution in [3.8, 4) is 17.4 Å². The zero-order valence-corrected chi connectivity index (χ0v) is 16.0. The van der Waals surface area contributed by atoms with Gasteiger partial charge in [-0.2, -0.15) is 0 Å². The van der Waals surface area contributed by atoms with Crippen molar-refractivity contribution in [3.05, 3.63) is 37.1 Å². The Morgan fingerprint density at radius 3 is 2.71 bits per heavy atom. The Kier molecular flexibility index (Phi) is 5.36. The Balaban J connectivity index is 1.55. The van der Waals surface area contributed by atoms with E-state index < -0.39 is 0 Å². The molecule has 0 saturated carbocycles. The summed E-state index contributed by atoms with van der Waals surface area (Å²) in [6.07, 6.45) is 8.70. The third-order valence-corrected chi connectivity index (χ3v) is 4.94. The summed E-state index contributed by atoms with van der Waals surface area (Å²) in [5.74, 6) is 3.19. The van der Waals surface area contributed by atoms with Gasteiger partial charge >= 0.3 is 0 Å². The average molecular weight is 381 g/mol. The highest BCUT2D eigenvalue weighted by Gasteiger charge is 2.24. The van der Waals surface area contributed by atoms with Crippen LogP contribution in [0.3, 0.4) is 0 Å². The molecule has 0 radical (unpaired) electrons. The molecule has 0 spiro atoms. The molecule has 0 amide bonds. The highest BCUT2D eigenvalue weighted by molar-refractivity contribution is 5.92. The number of anilines is 1. The van der Waals surface area contributed by atoms with Gasteiger partial charge in [0.15, 0.2) is 11.5 Å². The van der Waals surface area contributed by atoms with E-state index in [1.165, 1.54) is 0 Å². The van der Waals surface area contributed by atoms with Crippen LogP contribution >= 0.6 is 0 Å². The van der Waals surface area contributed by atoms with Crippen molar-refractivity contribution in [2.75, 3.05) is 38.8 Å². The van der Waals surface area contributed by atoms with Crippen molar-refractivity contribution in [2.24, 2.45) is 5.92 Å². The topological polar surface area (TPSA) is 82.5 Å². The summed E-state index contributed by atoms with van der Waals surface area (Å²) in [4.78, 5) is 19.5. The highest BCUT2D eigenvalue weighted by atomic mass is 16.5. The van der Waals surface area contributed by atoms with Gasteiger partial charge in [-0.3, -0.25) is 4.98 Å². The van der Waals surface area contributed by atoms with Gasteiger partial charge in [-0.25, -0.2) is 15.0 Å². The van der Waals surface area contributed by atoms with E-state index in [2.05, 4.69) is 24.8 Å². The van der Waals surface area contributed by atoms with Crippen molar-refractivity contribution >= 4 is 16.7 Å². The van der Waals surface area contributed by atoms with Gasteiger partial charge < -0.3 is 19.1 Å². The summed E-state index contributed by atoms with van der Waals surface area (Å²) in [5.41, 5.74) is 0.834. The SMILES string of the molecule is COc1cc2ncnc(N3CCCC(COc4cnccn4)C3)c2cc1OC. The molecule has 1 aliphatic heterocycles. The number of piperidine rings is 1. The van der Waals surface area contributed by atoms with Crippen LogP contribution in [0.1, 0.15) is 12.8 Å². The minimum absolute atomic E-state index is 0.390. The van der Waals surface area contributed by atoms with E-state index >= 15 is 0 Å². The normalized spacial score (nSPS) is 16.8. The molecule has 8 nitrogen and oxygen atoms in total. The monoisotopic (exact) mass is 381 g/mol. The molecule has 1 aromatic carbocycles.